The van der Waals surface area contributed by atoms with Gasteiger partial charge in [0.25, 0.3) is 0 Å². The fraction of sp³-hybridized carbons (Fsp3) is 0.250. The normalized spacial score (nSPS) is 10.4. The summed E-state index contributed by atoms with van der Waals surface area (Å²) in [7, 11) is 0. The fourth-order valence-corrected chi connectivity index (χ4v) is 2.10. The summed E-state index contributed by atoms with van der Waals surface area (Å²) >= 11 is 5.84. The first-order valence-corrected chi connectivity index (χ1v) is 6.54. The van der Waals surface area contributed by atoms with Crippen LogP contribution in [0.5, 0.6) is 11.5 Å². The predicted molar refractivity (Wildman–Crippen MR) is 76.7 cm³/mol. The molecule has 94 valence electrons. The molecule has 0 spiro atoms. The van der Waals surface area contributed by atoms with E-state index in [2.05, 4.69) is 26.0 Å². The number of hydrogen-bond acceptors (Lipinski definition) is 1. The molecule has 2 aromatic carbocycles. The number of benzene rings is 2. The molecule has 0 saturated carbocycles. The minimum absolute atomic E-state index is 0.537. The van der Waals surface area contributed by atoms with Crippen LogP contribution in [0.25, 0.3) is 0 Å². The van der Waals surface area contributed by atoms with E-state index in [0.29, 0.717) is 5.88 Å². The van der Waals surface area contributed by atoms with Crippen molar-refractivity contribution < 1.29 is 4.74 Å². The lowest BCUT2D eigenvalue weighted by atomic mass is 10.1. The van der Waals surface area contributed by atoms with Gasteiger partial charge in [-0.1, -0.05) is 12.1 Å². The summed E-state index contributed by atoms with van der Waals surface area (Å²) in [4.78, 5) is 0. The molecule has 0 heterocycles. The summed E-state index contributed by atoms with van der Waals surface area (Å²) in [5.41, 5.74) is 4.81. The summed E-state index contributed by atoms with van der Waals surface area (Å²) in [6.07, 6.45) is 0. The summed E-state index contributed by atoms with van der Waals surface area (Å²) in [5.74, 6) is 2.26. The zero-order valence-corrected chi connectivity index (χ0v) is 11.7. The molecule has 1 nitrogen and oxygen atoms in total. The van der Waals surface area contributed by atoms with E-state index in [1.54, 1.807) is 0 Å². The van der Waals surface area contributed by atoms with Crippen LogP contribution in [-0.2, 0) is 5.88 Å². The second kappa shape index (κ2) is 5.45. The molecular weight excluding hydrogens is 244 g/mol. The van der Waals surface area contributed by atoms with Gasteiger partial charge in [-0.3, -0.25) is 0 Å². The molecule has 0 bridgehead atoms. The summed E-state index contributed by atoms with van der Waals surface area (Å²) < 4.78 is 5.85. The van der Waals surface area contributed by atoms with Gasteiger partial charge in [0.15, 0.2) is 0 Å². The van der Waals surface area contributed by atoms with Crippen LogP contribution in [0.15, 0.2) is 36.4 Å². The quantitative estimate of drug-likeness (QED) is 0.694. The van der Waals surface area contributed by atoms with Gasteiger partial charge in [-0.05, 0) is 67.3 Å². The van der Waals surface area contributed by atoms with Gasteiger partial charge < -0.3 is 4.74 Å². The SMILES string of the molecule is Cc1ccc(Oc2ccc(CCl)c(C)c2)cc1C. The van der Waals surface area contributed by atoms with Gasteiger partial charge in [-0.15, -0.1) is 11.6 Å². The summed E-state index contributed by atoms with van der Waals surface area (Å²) in [6.45, 7) is 6.23. The second-order valence-electron chi connectivity index (χ2n) is 4.57. The number of rotatable bonds is 3. The van der Waals surface area contributed by atoms with Crippen molar-refractivity contribution in [2.24, 2.45) is 0 Å². The number of alkyl halides is 1. The zero-order chi connectivity index (χ0) is 13.1. The Hall–Kier alpha value is -1.47. The van der Waals surface area contributed by atoms with Crippen LogP contribution in [0.2, 0.25) is 0 Å². The lowest BCUT2D eigenvalue weighted by Crippen LogP contribution is -1.90. The average molecular weight is 261 g/mol. The van der Waals surface area contributed by atoms with Gasteiger partial charge >= 0.3 is 0 Å². The molecule has 0 aromatic heterocycles. The molecule has 0 radical (unpaired) electrons. The summed E-state index contributed by atoms with van der Waals surface area (Å²) in [5, 5.41) is 0. The molecule has 0 unspecified atom stereocenters. The standard InChI is InChI=1S/C16H17ClO/c1-11-4-6-15(8-12(11)2)18-16-7-5-14(10-17)13(3)9-16/h4-9H,10H2,1-3H3. The number of ether oxygens (including phenoxy) is 1. The maximum absolute atomic E-state index is 5.85. The average Bonchev–Trinajstić information content (AvgIpc) is 2.34. The Morgan fingerprint density at radius 2 is 1.44 bits per heavy atom. The Labute approximate surface area is 113 Å². The molecule has 0 aliphatic carbocycles. The molecule has 2 heteroatoms. The Morgan fingerprint density at radius 3 is 2.00 bits per heavy atom. The Balaban J connectivity index is 2.23. The topological polar surface area (TPSA) is 9.23 Å². The minimum atomic E-state index is 0.537. The number of halogens is 1. The van der Waals surface area contributed by atoms with Crippen molar-refractivity contribution in [2.45, 2.75) is 26.7 Å². The van der Waals surface area contributed by atoms with Gasteiger partial charge in [0, 0.05) is 5.88 Å². The molecule has 0 fully saturated rings. The zero-order valence-electron chi connectivity index (χ0n) is 11.0. The molecule has 0 aliphatic heterocycles. The van der Waals surface area contributed by atoms with Crippen LogP contribution in [0, 0.1) is 20.8 Å². The van der Waals surface area contributed by atoms with Crippen LogP contribution in [0.4, 0.5) is 0 Å². The van der Waals surface area contributed by atoms with Crippen molar-refractivity contribution in [3.8, 4) is 11.5 Å². The van der Waals surface area contributed by atoms with Crippen LogP contribution < -0.4 is 4.74 Å². The maximum atomic E-state index is 5.85. The summed E-state index contributed by atoms with van der Waals surface area (Å²) in [6, 6.07) is 12.1. The highest BCUT2D eigenvalue weighted by molar-refractivity contribution is 6.17. The van der Waals surface area contributed by atoms with Gasteiger partial charge in [-0.25, -0.2) is 0 Å². The van der Waals surface area contributed by atoms with Crippen LogP contribution in [0.1, 0.15) is 22.3 Å². The molecule has 0 amide bonds. The first kappa shape index (κ1) is 13.0. The molecule has 0 saturated heterocycles. The van der Waals surface area contributed by atoms with Crippen molar-refractivity contribution in [3.05, 3.63) is 58.7 Å². The van der Waals surface area contributed by atoms with E-state index in [1.807, 2.05) is 31.2 Å². The molecule has 0 N–H and O–H groups in total. The fourth-order valence-electron chi connectivity index (χ4n) is 1.80. The monoisotopic (exact) mass is 260 g/mol. The third-order valence-corrected chi connectivity index (χ3v) is 3.46. The van der Waals surface area contributed by atoms with Gasteiger partial charge in [0.05, 0.1) is 0 Å². The Bertz CT molecular complexity index is 561. The maximum Gasteiger partial charge on any atom is 0.127 e. The second-order valence-corrected chi connectivity index (χ2v) is 4.84. The third-order valence-electron chi connectivity index (χ3n) is 3.17. The van der Waals surface area contributed by atoms with E-state index in [4.69, 9.17) is 16.3 Å². The molecule has 18 heavy (non-hydrogen) atoms. The van der Waals surface area contributed by atoms with Crippen molar-refractivity contribution >= 4 is 11.6 Å². The number of hydrogen-bond donors (Lipinski definition) is 0. The smallest absolute Gasteiger partial charge is 0.127 e. The van der Waals surface area contributed by atoms with Crippen molar-refractivity contribution in [2.75, 3.05) is 0 Å². The molecule has 0 atom stereocenters. The highest BCUT2D eigenvalue weighted by Crippen LogP contribution is 2.26. The van der Waals surface area contributed by atoms with E-state index in [1.165, 1.54) is 11.1 Å². The van der Waals surface area contributed by atoms with Crippen molar-refractivity contribution in [3.63, 3.8) is 0 Å². The lowest BCUT2D eigenvalue weighted by molar-refractivity contribution is 0.481. The largest absolute Gasteiger partial charge is 0.457 e. The Kier molecular flexibility index (Phi) is 3.93. The minimum Gasteiger partial charge on any atom is -0.457 e. The van der Waals surface area contributed by atoms with Crippen LogP contribution in [0.3, 0.4) is 0 Å². The first-order valence-electron chi connectivity index (χ1n) is 6.01. The van der Waals surface area contributed by atoms with E-state index in [-0.39, 0.29) is 0 Å². The van der Waals surface area contributed by atoms with Crippen molar-refractivity contribution in [1.82, 2.24) is 0 Å². The highest BCUT2D eigenvalue weighted by atomic mass is 35.5. The van der Waals surface area contributed by atoms with Gasteiger partial charge in [-0.2, -0.15) is 0 Å². The Morgan fingerprint density at radius 1 is 0.833 bits per heavy atom. The van der Waals surface area contributed by atoms with Gasteiger partial charge in [0.2, 0.25) is 0 Å². The highest BCUT2D eigenvalue weighted by Gasteiger charge is 2.02. The van der Waals surface area contributed by atoms with Crippen molar-refractivity contribution in [1.29, 1.82) is 0 Å². The number of aryl methyl sites for hydroxylation is 3. The third kappa shape index (κ3) is 2.85. The first-order chi connectivity index (χ1) is 8.60. The van der Waals surface area contributed by atoms with E-state index in [0.717, 1.165) is 22.6 Å². The molecule has 0 aliphatic rings. The lowest BCUT2D eigenvalue weighted by Gasteiger charge is -2.10. The van der Waals surface area contributed by atoms with E-state index in [9.17, 15) is 0 Å². The van der Waals surface area contributed by atoms with Crippen LogP contribution >= 0.6 is 11.6 Å². The van der Waals surface area contributed by atoms with Gasteiger partial charge in [0.1, 0.15) is 11.5 Å². The molecular formula is C16H17ClO. The van der Waals surface area contributed by atoms with E-state index < -0.39 is 0 Å². The predicted octanol–water partition coefficient (Wildman–Crippen LogP) is 5.14. The molecule has 2 rings (SSSR count). The molecule has 2 aromatic rings. The van der Waals surface area contributed by atoms with E-state index >= 15 is 0 Å². The van der Waals surface area contributed by atoms with Crippen LogP contribution in [-0.4, -0.2) is 0 Å².